The molecule has 74 valence electrons. The molecule has 0 radical (unpaired) electrons. The molecular weight excluding hydrogens is 172 g/mol. The Labute approximate surface area is 77.1 Å². The number of carbonyl (C=O) groups is 1. The van der Waals surface area contributed by atoms with Gasteiger partial charge in [-0.1, -0.05) is 26.0 Å². The third-order valence-electron chi connectivity index (χ3n) is 1.35. The Kier molecular flexibility index (Phi) is 5.43. The fourth-order valence-corrected chi connectivity index (χ4v) is 0.780. The summed E-state index contributed by atoms with van der Waals surface area (Å²) in [5.41, 5.74) is -0.0932. The third-order valence-corrected chi connectivity index (χ3v) is 1.35. The minimum atomic E-state index is -1.15. The van der Waals surface area contributed by atoms with E-state index in [0.29, 0.717) is 6.42 Å². The first-order chi connectivity index (χ1) is 6.13. The molecule has 2 N–H and O–H groups in total. The fraction of sp³-hybridized carbons (Fsp3) is 0.444. The van der Waals surface area contributed by atoms with E-state index in [0.717, 1.165) is 0 Å². The van der Waals surface area contributed by atoms with Crippen LogP contribution < -0.4 is 0 Å². The molecule has 0 amide bonds. The topological polar surface area (TPSA) is 66.8 Å². The molecule has 0 heterocycles. The molecule has 0 fully saturated rings. The van der Waals surface area contributed by atoms with Crippen LogP contribution >= 0.6 is 0 Å². The van der Waals surface area contributed by atoms with Crippen molar-refractivity contribution in [2.45, 2.75) is 19.8 Å². The molecule has 4 nitrogen and oxygen atoms in total. The summed E-state index contributed by atoms with van der Waals surface area (Å²) in [5.74, 6) is -1.67. The van der Waals surface area contributed by atoms with Crippen molar-refractivity contribution in [2.24, 2.45) is 0 Å². The normalized spacial score (nSPS) is 11.8. The Bertz CT molecular complexity index is 218. The summed E-state index contributed by atoms with van der Waals surface area (Å²) in [5, 5.41) is 17.8. The van der Waals surface area contributed by atoms with Gasteiger partial charge in [0.1, 0.15) is 12.2 Å². The molecule has 0 unspecified atom stereocenters. The highest BCUT2D eigenvalue weighted by molar-refractivity contribution is 5.86. The van der Waals surface area contributed by atoms with Gasteiger partial charge in [-0.3, -0.25) is 0 Å². The number of hydrogen-bond donors (Lipinski definition) is 2. The number of aliphatic hydroxyl groups excluding tert-OH is 1. The smallest absolute Gasteiger partial charge is 0.338 e. The van der Waals surface area contributed by atoms with Crippen LogP contribution in [-0.4, -0.2) is 22.8 Å². The molecule has 0 spiro atoms. The van der Waals surface area contributed by atoms with Crippen molar-refractivity contribution in [1.82, 2.24) is 0 Å². The van der Waals surface area contributed by atoms with E-state index >= 15 is 0 Å². The Balaban J connectivity index is 4.43. The average molecular weight is 186 g/mol. The van der Waals surface area contributed by atoms with Crippen molar-refractivity contribution in [3.05, 3.63) is 24.2 Å². The van der Waals surface area contributed by atoms with Gasteiger partial charge in [-0.25, -0.2) is 4.79 Å². The Hall–Kier alpha value is -1.45. The van der Waals surface area contributed by atoms with Gasteiger partial charge >= 0.3 is 5.97 Å². The van der Waals surface area contributed by atoms with Crippen LogP contribution in [0.1, 0.15) is 19.8 Å². The summed E-state index contributed by atoms with van der Waals surface area (Å²) in [4.78, 5) is 10.6. The molecular formula is C9H14O4. The van der Waals surface area contributed by atoms with Crippen molar-refractivity contribution in [3.8, 4) is 0 Å². The predicted octanol–water partition coefficient (Wildman–Crippen LogP) is 1.84. The molecule has 0 bridgehead atoms. The first-order valence-corrected chi connectivity index (χ1v) is 4.02. The third kappa shape index (κ3) is 4.20. The highest BCUT2D eigenvalue weighted by atomic mass is 16.6. The number of ether oxygens (including phenoxy) is 1. The van der Waals surface area contributed by atoms with Crippen molar-refractivity contribution in [3.63, 3.8) is 0 Å². The second kappa shape index (κ2) is 6.11. The second-order valence-electron chi connectivity index (χ2n) is 2.44. The van der Waals surface area contributed by atoms with Crippen molar-refractivity contribution < 1.29 is 19.7 Å². The monoisotopic (exact) mass is 186 g/mol. The Morgan fingerprint density at radius 3 is 2.54 bits per heavy atom. The van der Waals surface area contributed by atoms with Crippen LogP contribution in [-0.2, 0) is 9.53 Å². The molecule has 0 aliphatic heterocycles. The summed E-state index contributed by atoms with van der Waals surface area (Å²) in [6.07, 6.45) is 2.36. The van der Waals surface area contributed by atoms with Crippen molar-refractivity contribution >= 4 is 5.97 Å². The first kappa shape index (κ1) is 11.6. The van der Waals surface area contributed by atoms with E-state index in [1.165, 1.54) is 6.08 Å². The number of aliphatic carboxylic acids is 1. The summed E-state index contributed by atoms with van der Waals surface area (Å²) < 4.78 is 4.70. The molecule has 0 saturated carbocycles. The maximum Gasteiger partial charge on any atom is 0.338 e. The number of rotatable bonds is 6. The van der Waals surface area contributed by atoms with E-state index < -0.39 is 11.9 Å². The summed E-state index contributed by atoms with van der Waals surface area (Å²) >= 11 is 0. The summed E-state index contributed by atoms with van der Waals surface area (Å²) in [6, 6.07) is 0. The molecule has 4 heteroatoms. The zero-order valence-electron chi connectivity index (χ0n) is 7.62. The summed E-state index contributed by atoms with van der Waals surface area (Å²) in [7, 11) is 0. The lowest BCUT2D eigenvalue weighted by Gasteiger charge is -2.05. The van der Waals surface area contributed by atoms with Gasteiger partial charge < -0.3 is 14.9 Å². The van der Waals surface area contributed by atoms with Crippen LogP contribution in [0.5, 0.6) is 0 Å². The van der Waals surface area contributed by atoms with Crippen molar-refractivity contribution in [2.75, 3.05) is 6.61 Å². The van der Waals surface area contributed by atoms with Gasteiger partial charge in [0.25, 0.3) is 5.95 Å². The van der Waals surface area contributed by atoms with E-state index in [1.807, 2.05) is 6.92 Å². The van der Waals surface area contributed by atoms with E-state index in [-0.39, 0.29) is 18.6 Å². The van der Waals surface area contributed by atoms with Gasteiger partial charge in [0.05, 0.1) is 0 Å². The quantitative estimate of drug-likeness (QED) is 0.377. The van der Waals surface area contributed by atoms with Crippen LogP contribution in [0.2, 0.25) is 0 Å². The number of carboxylic acid groups (broad SMARTS) is 1. The lowest BCUT2D eigenvalue weighted by Crippen LogP contribution is -2.07. The Morgan fingerprint density at radius 2 is 2.15 bits per heavy atom. The molecule has 0 aromatic rings. The van der Waals surface area contributed by atoms with Gasteiger partial charge in [-0.05, 0) is 6.42 Å². The molecule has 0 aliphatic rings. The van der Waals surface area contributed by atoms with Gasteiger partial charge in [0, 0.05) is 0 Å². The van der Waals surface area contributed by atoms with Crippen LogP contribution in [0.25, 0.3) is 0 Å². The molecule has 0 rings (SSSR count). The average Bonchev–Trinajstić information content (AvgIpc) is 2.09. The number of hydrogen-bond acceptors (Lipinski definition) is 3. The molecule has 0 saturated heterocycles. The van der Waals surface area contributed by atoms with Gasteiger partial charge in [0.15, 0.2) is 0 Å². The van der Waals surface area contributed by atoms with Crippen LogP contribution in [0, 0.1) is 0 Å². The zero-order valence-corrected chi connectivity index (χ0v) is 7.62. The minimum Gasteiger partial charge on any atom is -0.481 e. The Morgan fingerprint density at radius 1 is 1.54 bits per heavy atom. The lowest BCUT2D eigenvalue weighted by atomic mass is 10.2. The fourth-order valence-electron chi connectivity index (χ4n) is 0.780. The van der Waals surface area contributed by atoms with E-state index in [2.05, 4.69) is 6.58 Å². The minimum absolute atomic E-state index is 0.0932. The maximum absolute atomic E-state index is 10.6. The van der Waals surface area contributed by atoms with E-state index in [4.69, 9.17) is 9.84 Å². The van der Waals surface area contributed by atoms with Crippen LogP contribution in [0.3, 0.4) is 0 Å². The number of carboxylic acids is 1. The van der Waals surface area contributed by atoms with Gasteiger partial charge in [-0.15, -0.1) is 0 Å². The lowest BCUT2D eigenvalue weighted by molar-refractivity contribution is -0.133. The molecule has 0 aromatic heterocycles. The van der Waals surface area contributed by atoms with Crippen molar-refractivity contribution in [1.29, 1.82) is 0 Å². The van der Waals surface area contributed by atoms with Crippen LogP contribution in [0.4, 0.5) is 0 Å². The molecule has 0 atom stereocenters. The summed E-state index contributed by atoms with van der Waals surface area (Å²) in [6.45, 7) is 5.30. The van der Waals surface area contributed by atoms with Crippen LogP contribution in [0.15, 0.2) is 24.2 Å². The standard InChI is InChI=1S/C9H14O4/c1-3-5-7(8(10)11)9(12)13-6-4-2/h4,12H,2-3,5-6H2,1H3,(H,10,11). The highest BCUT2D eigenvalue weighted by Gasteiger charge is 2.13. The zero-order chi connectivity index (χ0) is 10.3. The van der Waals surface area contributed by atoms with E-state index in [9.17, 15) is 9.90 Å². The SMILES string of the molecule is C=CCOC(O)=C(CCC)C(=O)O. The second-order valence-corrected chi connectivity index (χ2v) is 2.44. The molecule has 13 heavy (non-hydrogen) atoms. The van der Waals surface area contributed by atoms with E-state index in [1.54, 1.807) is 0 Å². The van der Waals surface area contributed by atoms with Gasteiger partial charge in [-0.2, -0.15) is 0 Å². The first-order valence-electron chi connectivity index (χ1n) is 4.02. The van der Waals surface area contributed by atoms with Gasteiger partial charge in [0.2, 0.25) is 0 Å². The molecule has 0 aromatic carbocycles. The predicted molar refractivity (Wildman–Crippen MR) is 48.3 cm³/mol. The largest absolute Gasteiger partial charge is 0.481 e. The highest BCUT2D eigenvalue weighted by Crippen LogP contribution is 2.10. The molecule has 0 aliphatic carbocycles. The maximum atomic E-state index is 10.6. The number of aliphatic hydroxyl groups is 1.